The van der Waals surface area contributed by atoms with Gasteiger partial charge >= 0.3 is 0 Å². The van der Waals surface area contributed by atoms with Gasteiger partial charge in [0.1, 0.15) is 13.2 Å². The SMILES string of the molecule is CCNCC(C)Cc1ccc2c(c1)OCCO2. The fraction of sp³-hybridized carbons (Fsp3) is 0.571. The van der Waals surface area contributed by atoms with Gasteiger partial charge in [-0.05, 0) is 43.1 Å². The zero-order valence-electron chi connectivity index (χ0n) is 10.7. The molecule has 1 atom stereocenters. The zero-order chi connectivity index (χ0) is 12.1. The number of fused-ring (bicyclic) bond motifs is 1. The minimum Gasteiger partial charge on any atom is -0.486 e. The van der Waals surface area contributed by atoms with Crippen LogP contribution in [0.1, 0.15) is 19.4 Å². The Labute approximate surface area is 103 Å². The molecule has 1 aromatic carbocycles. The molecule has 0 bridgehead atoms. The third-order valence-electron chi connectivity index (χ3n) is 2.93. The van der Waals surface area contributed by atoms with Crippen molar-refractivity contribution in [3.05, 3.63) is 23.8 Å². The lowest BCUT2D eigenvalue weighted by Crippen LogP contribution is -2.22. The highest BCUT2D eigenvalue weighted by Crippen LogP contribution is 2.31. The molecule has 0 spiro atoms. The molecule has 1 unspecified atom stereocenters. The van der Waals surface area contributed by atoms with Gasteiger partial charge in [0, 0.05) is 0 Å². The van der Waals surface area contributed by atoms with Crippen molar-refractivity contribution in [3.63, 3.8) is 0 Å². The summed E-state index contributed by atoms with van der Waals surface area (Å²) >= 11 is 0. The smallest absolute Gasteiger partial charge is 0.161 e. The lowest BCUT2D eigenvalue weighted by molar-refractivity contribution is 0.171. The van der Waals surface area contributed by atoms with Crippen LogP contribution in [0.5, 0.6) is 11.5 Å². The second-order valence-electron chi connectivity index (χ2n) is 4.59. The molecule has 3 heteroatoms. The maximum Gasteiger partial charge on any atom is 0.161 e. The van der Waals surface area contributed by atoms with Crippen molar-refractivity contribution in [3.8, 4) is 11.5 Å². The average molecular weight is 235 g/mol. The first-order valence-corrected chi connectivity index (χ1v) is 6.39. The summed E-state index contributed by atoms with van der Waals surface area (Å²) in [5.74, 6) is 2.40. The molecular formula is C14H21NO2. The van der Waals surface area contributed by atoms with Crippen LogP contribution in [-0.2, 0) is 6.42 Å². The van der Waals surface area contributed by atoms with E-state index in [9.17, 15) is 0 Å². The second-order valence-corrected chi connectivity index (χ2v) is 4.59. The van der Waals surface area contributed by atoms with E-state index >= 15 is 0 Å². The van der Waals surface area contributed by atoms with E-state index < -0.39 is 0 Å². The minimum absolute atomic E-state index is 0.637. The summed E-state index contributed by atoms with van der Waals surface area (Å²) < 4.78 is 11.1. The fourth-order valence-electron chi connectivity index (χ4n) is 2.08. The van der Waals surface area contributed by atoms with Crippen molar-refractivity contribution in [2.45, 2.75) is 20.3 Å². The predicted molar refractivity (Wildman–Crippen MR) is 68.8 cm³/mol. The van der Waals surface area contributed by atoms with E-state index in [4.69, 9.17) is 9.47 Å². The summed E-state index contributed by atoms with van der Waals surface area (Å²) in [6.45, 7) is 7.80. The van der Waals surface area contributed by atoms with Gasteiger partial charge in [-0.25, -0.2) is 0 Å². The van der Waals surface area contributed by atoms with Crippen LogP contribution in [0.3, 0.4) is 0 Å². The van der Waals surface area contributed by atoms with Gasteiger partial charge in [-0.2, -0.15) is 0 Å². The molecule has 17 heavy (non-hydrogen) atoms. The van der Waals surface area contributed by atoms with Crippen LogP contribution in [-0.4, -0.2) is 26.3 Å². The molecule has 0 amide bonds. The number of hydrogen-bond donors (Lipinski definition) is 1. The first-order valence-electron chi connectivity index (χ1n) is 6.39. The molecule has 1 aromatic rings. The number of rotatable bonds is 5. The quantitative estimate of drug-likeness (QED) is 0.849. The van der Waals surface area contributed by atoms with Crippen molar-refractivity contribution < 1.29 is 9.47 Å². The molecule has 0 saturated heterocycles. The fourth-order valence-corrected chi connectivity index (χ4v) is 2.08. The van der Waals surface area contributed by atoms with Crippen LogP contribution in [0.2, 0.25) is 0 Å². The van der Waals surface area contributed by atoms with Gasteiger partial charge in [0.25, 0.3) is 0 Å². The van der Waals surface area contributed by atoms with Crippen LogP contribution in [0.15, 0.2) is 18.2 Å². The van der Waals surface area contributed by atoms with Gasteiger partial charge in [0.05, 0.1) is 0 Å². The highest BCUT2D eigenvalue weighted by molar-refractivity contribution is 5.43. The van der Waals surface area contributed by atoms with Crippen molar-refractivity contribution in [2.24, 2.45) is 5.92 Å². The molecule has 0 aliphatic carbocycles. The standard InChI is InChI=1S/C14H21NO2/c1-3-15-10-11(2)8-12-4-5-13-14(9-12)17-7-6-16-13/h4-5,9,11,15H,3,6-8,10H2,1-2H3. The van der Waals surface area contributed by atoms with Crippen LogP contribution >= 0.6 is 0 Å². The molecule has 3 nitrogen and oxygen atoms in total. The lowest BCUT2D eigenvalue weighted by Gasteiger charge is -2.19. The van der Waals surface area contributed by atoms with Gasteiger partial charge in [0.2, 0.25) is 0 Å². The molecular weight excluding hydrogens is 214 g/mol. The average Bonchev–Trinajstić information content (AvgIpc) is 2.36. The molecule has 1 heterocycles. The summed E-state index contributed by atoms with van der Waals surface area (Å²) in [4.78, 5) is 0. The van der Waals surface area contributed by atoms with Gasteiger partial charge in [-0.1, -0.05) is 19.9 Å². The van der Waals surface area contributed by atoms with E-state index in [1.807, 2.05) is 6.07 Å². The molecule has 0 radical (unpaired) electrons. The van der Waals surface area contributed by atoms with E-state index in [1.54, 1.807) is 0 Å². The second kappa shape index (κ2) is 5.92. The third-order valence-corrected chi connectivity index (χ3v) is 2.93. The van der Waals surface area contributed by atoms with E-state index in [-0.39, 0.29) is 0 Å². The molecule has 1 N–H and O–H groups in total. The Bertz CT molecular complexity index is 365. The number of hydrogen-bond acceptors (Lipinski definition) is 3. The van der Waals surface area contributed by atoms with Crippen molar-refractivity contribution >= 4 is 0 Å². The summed E-state index contributed by atoms with van der Waals surface area (Å²) in [5.41, 5.74) is 1.32. The summed E-state index contributed by atoms with van der Waals surface area (Å²) in [5, 5.41) is 3.37. The number of nitrogens with one attached hydrogen (secondary N) is 1. The summed E-state index contributed by atoms with van der Waals surface area (Å²) in [7, 11) is 0. The van der Waals surface area contributed by atoms with Crippen LogP contribution in [0, 0.1) is 5.92 Å². The number of ether oxygens (including phenoxy) is 2. The Kier molecular flexibility index (Phi) is 4.26. The van der Waals surface area contributed by atoms with E-state index in [2.05, 4.69) is 31.3 Å². The number of benzene rings is 1. The molecule has 1 aliphatic rings. The Hall–Kier alpha value is -1.22. The minimum atomic E-state index is 0.637. The van der Waals surface area contributed by atoms with E-state index in [0.717, 1.165) is 31.0 Å². The first-order chi connectivity index (χ1) is 8.29. The molecule has 0 aromatic heterocycles. The van der Waals surface area contributed by atoms with Crippen molar-refractivity contribution in [1.29, 1.82) is 0 Å². The zero-order valence-corrected chi connectivity index (χ0v) is 10.7. The Morgan fingerprint density at radius 2 is 2.00 bits per heavy atom. The van der Waals surface area contributed by atoms with E-state index in [0.29, 0.717) is 19.1 Å². The molecule has 0 saturated carbocycles. The Morgan fingerprint density at radius 1 is 1.24 bits per heavy atom. The molecule has 94 valence electrons. The maximum absolute atomic E-state index is 5.59. The van der Waals surface area contributed by atoms with Crippen LogP contribution in [0.4, 0.5) is 0 Å². The first kappa shape index (κ1) is 12.2. The predicted octanol–water partition coefficient (Wildman–Crippen LogP) is 2.25. The Balaban J connectivity index is 1.97. The van der Waals surface area contributed by atoms with E-state index in [1.165, 1.54) is 5.56 Å². The molecule has 1 aliphatic heterocycles. The van der Waals surface area contributed by atoms with Crippen LogP contribution < -0.4 is 14.8 Å². The lowest BCUT2D eigenvalue weighted by atomic mass is 10.0. The summed E-state index contributed by atoms with van der Waals surface area (Å²) in [6.07, 6.45) is 1.07. The van der Waals surface area contributed by atoms with Crippen molar-refractivity contribution in [1.82, 2.24) is 5.32 Å². The highest BCUT2D eigenvalue weighted by atomic mass is 16.6. The van der Waals surface area contributed by atoms with Gasteiger partial charge in [-0.3, -0.25) is 0 Å². The van der Waals surface area contributed by atoms with Crippen molar-refractivity contribution in [2.75, 3.05) is 26.3 Å². The molecule has 0 fully saturated rings. The normalized spacial score (nSPS) is 15.6. The summed E-state index contributed by atoms with van der Waals surface area (Å²) in [6, 6.07) is 6.26. The monoisotopic (exact) mass is 235 g/mol. The topological polar surface area (TPSA) is 30.5 Å². The molecule has 2 rings (SSSR count). The van der Waals surface area contributed by atoms with Gasteiger partial charge < -0.3 is 14.8 Å². The third kappa shape index (κ3) is 3.37. The van der Waals surface area contributed by atoms with Gasteiger partial charge in [-0.15, -0.1) is 0 Å². The Morgan fingerprint density at radius 3 is 2.76 bits per heavy atom. The van der Waals surface area contributed by atoms with Gasteiger partial charge in [0.15, 0.2) is 11.5 Å². The largest absolute Gasteiger partial charge is 0.486 e. The van der Waals surface area contributed by atoms with Crippen LogP contribution in [0.25, 0.3) is 0 Å². The maximum atomic E-state index is 5.59. The highest BCUT2D eigenvalue weighted by Gasteiger charge is 2.12.